The maximum Gasteiger partial charge on any atom is 0.294 e. The lowest BCUT2D eigenvalue weighted by Crippen LogP contribution is -2.31. The van der Waals surface area contributed by atoms with E-state index in [9.17, 15) is 0 Å². The Morgan fingerprint density at radius 2 is 2.25 bits per heavy atom. The fourth-order valence-corrected chi connectivity index (χ4v) is 3.04. The Kier molecular flexibility index (Phi) is 2.92. The second-order valence-corrected chi connectivity index (χ2v) is 6.13. The highest BCUT2D eigenvalue weighted by atomic mass is 32.1. The van der Waals surface area contributed by atoms with E-state index in [2.05, 4.69) is 24.0 Å². The van der Waals surface area contributed by atoms with Crippen LogP contribution in [0.25, 0.3) is 0 Å². The molecule has 2 rings (SSSR count). The molecule has 1 aromatic heterocycles. The Morgan fingerprint density at radius 1 is 1.50 bits per heavy atom. The Morgan fingerprint density at radius 3 is 2.69 bits per heavy atom. The van der Waals surface area contributed by atoms with E-state index in [1.165, 1.54) is 6.42 Å². The summed E-state index contributed by atoms with van der Waals surface area (Å²) >= 11 is 4.88. The van der Waals surface area contributed by atoms with Gasteiger partial charge in [0.15, 0.2) is 5.82 Å². The van der Waals surface area contributed by atoms with Crippen molar-refractivity contribution in [3.05, 3.63) is 10.7 Å². The molecule has 90 valence electrons. The molecule has 1 aliphatic rings. The summed E-state index contributed by atoms with van der Waals surface area (Å²) in [5.41, 5.74) is 6.50. The van der Waals surface area contributed by atoms with Gasteiger partial charge in [-0.3, -0.25) is 4.98 Å². The third kappa shape index (κ3) is 2.35. The predicted octanol–water partition coefficient (Wildman–Crippen LogP) is 2.43. The highest BCUT2D eigenvalue weighted by molar-refractivity contribution is 7.71. The first kappa shape index (κ1) is 11.8. The fraction of sp³-hybridized carbons (Fsp3) is 0.818. The summed E-state index contributed by atoms with van der Waals surface area (Å²) in [5.74, 6) is 0.827. The lowest BCUT2D eigenvalue weighted by molar-refractivity contribution is 0.252. The van der Waals surface area contributed by atoms with E-state index >= 15 is 0 Å². The van der Waals surface area contributed by atoms with Crippen LogP contribution >= 0.6 is 12.2 Å². The first-order valence-corrected chi connectivity index (χ1v) is 6.11. The van der Waals surface area contributed by atoms with Crippen LogP contribution in [0.3, 0.4) is 0 Å². The Bertz CT molecular complexity index is 423. The van der Waals surface area contributed by atoms with Gasteiger partial charge in [0.2, 0.25) is 0 Å². The number of nitrogens with zero attached hydrogens (tertiary/aromatic N) is 1. The second-order valence-electron chi connectivity index (χ2n) is 5.76. The van der Waals surface area contributed by atoms with Crippen LogP contribution in [0, 0.1) is 15.7 Å². The van der Waals surface area contributed by atoms with Crippen molar-refractivity contribution < 1.29 is 4.52 Å². The molecule has 0 bridgehead atoms. The van der Waals surface area contributed by atoms with Gasteiger partial charge in [-0.1, -0.05) is 19.0 Å². The minimum atomic E-state index is 0.165. The maximum atomic E-state index is 5.95. The van der Waals surface area contributed by atoms with Crippen molar-refractivity contribution in [3.8, 4) is 0 Å². The summed E-state index contributed by atoms with van der Waals surface area (Å²) in [4.78, 5) is 3.32. The summed E-state index contributed by atoms with van der Waals surface area (Å²) in [5, 5.41) is 3.93. The van der Waals surface area contributed by atoms with Gasteiger partial charge in [-0.25, -0.2) is 0 Å². The molecular weight excluding hydrogens is 222 g/mol. The number of H-pyrrole nitrogens is 1. The van der Waals surface area contributed by atoms with Crippen molar-refractivity contribution >= 4 is 12.2 Å². The first-order valence-electron chi connectivity index (χ1n) is 5.70. The monoisotopic (exact) mass is 241 g/mol. The van der Waals surface area contributed by atoms with E-state index in [1.54, 1.807) is 0 Å². The number of rotatable bonds is 3. The molecule has 1 aliphatic carbocycles. The van der Waals surface area contributed by atoms with Gasteiger partial charge in [0, 0.05) is 6.42 Å². The van der Waals surface area contributed by atoms with E-state index in [0.29, 0.717) is 16.8 Å². The van der Waals surface area contributed by atoms with E-state index in [-0.39, 0.29) is 5.41 Å². The van der Waals surface area contributed by atoms with Crippen LogP contribution in [0.4, 0.5) is 0 Å². The number of hydrogen-bond acceptors (Lipinski definition) is 4. The Labute approximate surface area is 101 Å². The predicted molar refractivity (Wildman–Crippen MR) is 64.5 cm³/mol. The SMILES string of the molecule is CC1(C)CC[C@@](CN)(Cc2noc(=S)[nH]2)C1. The molecule has 1 saturated carbocycles. The largest absolute Gasteiger partial charge is 0.330 e. The zero-order valence-electron chi connectivity index (χ0n) is 9.88. The summed E-state index contributed by atoms with van der Waals surface area (Å²) in [7, 11) is 0. The third-order valence-electron chi connectivity index (χ3n) is 3.65. The third-order valence-corrected chi connectivity index (χ3v) is 3.82. The van der Waals surface area contributed by atoms with Crippen LogP contribution in [0.1, 0.15) is 38.9 Å². The van der Waals surface area contributed by atoms with Gasteiger partial charge < -0.3 is 10.3 Å². The molecule has 0 aromatic carbocycles. The lowest BCUT2D eigenvalue weighted by atomic mass is 9.79. The average Bonchev–Trinajstić information content (AvgIpc) is 2.72. The van der Waals surface area contributed by atoms with Crippen LogP contribution in [0.2, 0.25) is 0 Å². The summed E-state index contributed by atoms with van der Waals surface area (Å²) in [6.45, 7) is 5.30. The number of hydrogen-bond donors (Lipinski definition) is 2. The van der Waals surface area contributed by atoms with E-state index in [1.807, 2.05) is 0 Å². The van der Waals surface area contributed by atoms with Crippen LogP contribution in [-0.2, 0) is 6.42 Å². The van der Waals surface area contributed by atoms with Crippen LogP contribution in [0.15, 0.2) is 4.52 Å². The smallest absolute Gasteiger partial charge is 0.294 e. The molecule has 1 atom stereocenters. The molecule has 3 N–H and O–H groups in total. The van der Waals surface area contributed by atoms with Crippen molar-refractivity contribution in [2.24, 2.45) is 16.6 Å². The van der Waals surface area contributed by atoms with Crippen molar-refractivity contribution in [2.45, 2.75) is 39.5 Å². The molecule has 0 radical (unpaired) electrons. The lowest BCUT2D eigenvalue weighted by Gasteiger charge is -2.28. The molecule has 1 aromatic rings. The Hall–Kier alpha value is -0.680. The number of aromatic nitrogens is 2. The van der Waals surface area contributed by atoms with E-state index < -0.39 is 0 Å². The zero-order chi connectivity index (χ0) is 11.8. The first-order chi connectivity index (χ1) is 7.45. The molecule has 0 unspecified atom stereocenters. The van der Waals surface area contributed by atoms with Gasteiger partial charge in [-0.05, 0) is 48.9 Å². The molecule has 0 saturated heterocycles. The van der Waals surface area contributed by atoms with E-state index in [0.717, 1.165) is 25.1 Å². The molecule has 0 aliphatic heterocycles. The molecular formula is C11H19N3OS. The van der Waals surface area contributed by atoms with Gasteiger partial charge in [-0.2, -0.15) is 0 Å². The standard InChI is InChI=1S/C11H19N3OS/c1-10(2)3-4-11(6-10,7-12)5-8-13-9(16)15-14-8/h3-7,12H2,1-2H3,(H,13,14,16)/t11-/m1/s1. The minimum Gasteiger partial charge on any atom is -0.330 e. The maximum absolute atomic E-state index is 5.95. The molecule has 1 fully saturated rings. The summed E-state index contributed by atoms with van der Waals surface area (Å²) in [6.07, 6.45) is 4.36. The van der Waals surface area contributed by atoms with Gasteiger partial charge in [0.25, 0.3) is 4.84 Å². The van der Waals surface area contributed by atoms with Crippen LogP contribution in [-0.4, -0.2) is 16.7 Å². The second kappa shape index (κ2) is 3.96. The minimum absolute atomic E-state index is 0.165. The van der Waals surface area contributed by atoms with Crippen molar-refractivity contribution in [1.29, 1.82) is 0 Å². The topological polar surface area (TPSA) is 67.8 Å². The molecule has 16 heavy (non-hydrogen) atoms. The Balaban J connectivity index is 2.15. The van der Waals surface area contributed by atoms with Crippen molar-refractivity contribution in [2.75, 3.05) is 6.54 Å². The number of nitrogens with two attached hydrogens (primary N) is 1. The fourth-order valence-electron chi connectivity index (χ4n) is 2.88. The quantitative estimate of drug-likeness (QED) is 0.798. The van der Waals surface area contributed by atoms with Gasteiger partial charge >= 0.3 is 0 Å². The van der Waals surface area contributed by atoms with Gasteiger partial charge in [0.05, 0.1) is 0 Å². The number of aromatic amines is 1. The highest BCUT2D eigenvalue weighted by Crippen LogP contribution is 2.49. The van der Waals surface area contributed by atoms with Crippen LogP contribution in [0.5, 0.6) is 0 Å². The van der Waals surface area contributed by atoms with Gasteiger partial charge in [-0.15, -0.1) is 0 Å². The van der Waals surface area contributed by atoms with Crippen molar-refractivity contribution in [1.82, 2.24) is 10.1 Å². The number of nitrogens with one attached hydrogen (secondary N) is 1. The molecule has 5 heteroatoms. The van der Waals surface area contributed by atoms with Crippen molar-refractivity contribution in [3.63, 3.8) is 0 Å². The highest BCUT2D eigenvalue weighted by Gasteiger charge is 2.42. The molecule has 4 nitrogen and oxygen atoms in total. The molecule has 0 spiro atoms. The normalized spacial score (nSPS) is 28.4. The summed E-state index contributed by atoms with van der Waals surface area (Å²) in [6, 6.07) is 0. The van der Waals surface area contributed by atoms with E-state index in [4.69, 9.17) is 22.5 Å². The van der Waals surface area contributed by atoms with Gasteiger partial charge in [0.1, 0.15) is 0 Å². The molecule has 1 heterocycles. The molecule has 0 amide bonds. The zero-order valence-corrected chi connectivity index (χ0v) is 10.7. The van der Waals surface area contributed by atoms with Crippen LogP contribution < -0.4 is 5.73 Å². The average molecular weight is 241 g/mol. The summed E-state index contributed by atoms with van der Waals surface area (Å²) < 4.78 is 4.88.